The number of nitrogens with zero attached hydrogens (tertiary/aromatic N) is 1. The fourth-order valence-electron chi connectivity index (χ4n) is 3.15. The summed E-state index contributed by atoms with van der Waals surface area (Å²) in [6.45, 7) is 2.12. The van der Waals surface area contributed by atoms with E-state index in [0.717, 1.165) is 22.1 Å². The highest BCUT2D eigenvalue weighted by Crippen LogP contribution is 2.44. The zero-order valence-electron chi connectivity index (χ0n) is 10.1. The van der Waals surface area contributed by atoms with Gasteiger partial charge in [-0.3, -0.25) is 14.5 Å². The lowest BCUT2D eigenvalue weighted by molar-refractivity contribution is -0.123. The molecule has 0 radical (unpaired) electrons. The lowest BCUT2D eigenvalue weighted by atomic mass is 10.00. The first-order valence-corrected chi connectivity index (χ1v) is 7.29. The number of benzene rings is 1. The van der Waals surface area contributed by atoms with Crippen molar-refractivity contribution in [2.45, 2.75) is 19.8 Å². The summed E-state index contributed by atoms with van der Waals surface area (Å²) < 4.78 is 1.04. The third-order valence-electron chi connectivity index (χ3n) is 3.94. The first-order chi connectivity index (χ1) is 8.58. The van der Waals surface area contributed by atoms with Crippen molar-refractivity contribution < 1.29 is 9.59 Å². The SMILES string of the molecule is CC1CC2C(=O)N(c3cccc(I)c3)C(=O)C2C1. The number of anilines is 1. The van der Waals surface area contributed by atoms with E-state index in [1.807, 2.05) is 24.3 Å². The van der Waals surface area contributed by atoms with Gasteiger partial charge in [0, 0.05) is 3.57 Å². The molecular weight excluding hydrogens is 341 g/mol. The predicted molar refractivity (Wildman–Crippen MR) is 77.0 cm³/mol. The monoisotopic (exact) mass is 355 g/mol. The van der Waals surface area contributed by atoms with Crippen LogP contribution in [0.3, 0.4) is 0 Å². The van der Waals surface area contributed by atoms with Gasteiger partial charge in [0.25, 0.3) is 0 Å². The zero-order chi connectivity index (χ0) is 12.9. The molecule has 2 aliphatic rings. The molecule has 18 heavy (non-hydrogen) atoms. The van der Waals surface area contributed by atoms with Crippen molar-refractivity contribution in [3.05, 3.63) is 27.8 Å². The molecule has 0 spiro atoms. The second-order valence-electron chi connectivity index (χ2n) is 5.28. The molecule has 0 N–H and O–H groups in total. The third kappa shape index (κ3) is 1.77. The summed E-state index contributed by atoms with van der Waals surface area (Å²) in [5.74, 6) is 0.328. The van der Waals surface area contributed by atoms with Crippen molar-refractivity contribution in [1.82, 2.24) is 0 Å². The van der Waals surface area contributed by atoms with Gasteiger partial charge in [0.05, 0.1) is 17.5 Å². The Labute approximate surface area is 120 Å². The van der Waals surface area contributed by atoms with E-state index >= 15 is 0 Å². The second-order valence-corrected chi connectivity index (χ2v) is 6.53. The molecule has 1 saturated heterocycles. The number of halogens is 1. The molecule has 0 bridgehead atoms. The van der Waals surface area contributed by atoms with Crippen molar-refractivity contribution >= 4 is 40.1 Å². The number of imide groups is 1. The van der Waals surface area contributed by atoms with Crippen LogP contribution in [0, 0.1) is 21.3 Å². The molecule has 1 aromatic carbocycles. The average molecular weight is 355 g/mol. The van der Waals surface area contributed by atoms with Crippen LogP contribution in [-0.2, 0) is 9.59 Å². The molecule has 1 aromatic rings. The average Bonchev–Trinajstić information content (AvgIpc) is 2.79. The molecule has 2 atom stereocenters. The van der Waals surface area contributed by atoms with Crippen LogP contribution >= 0.6 is 22.6 Å². The van der Waals surface area contributed by atoms with Gasteiger partial charge in [-0.2, -0.15) is 0 Å². The van der Waals surface area contributed by atoms with Gasteiger partial charge < -0.3 is 0 Å². The summed E-state index contributed by atoms with van der Waals surface area (Å²) in [6.07, 6.45) is 1.71. The topological polar surface area (TPSA) is 37.4 Å². The van der Waals surface area contributed by atoms with Gasteiger partial charge in [-0.05, 0) is 59.5 Å². The highest BCUT2D eigenvalue weighted by atomic mass is 127. The molecule has 94 valence electrons. The molecule has 1 aliphatic carbocycles. The van der Waals surface area contributed by atoms with E-state index in [-0.39, 0.29) is 23.7 Å². The molecule has 1 saturated carbocycles. The number of carbonyl (C=O) groups is 2. The summed E-state index contributed by atoms with van der Waals surface area (Å²) in [4.78, 5) is 26.1. The van der Waals surface area contributed by atoms with E-state index in [0.29, 0.717) is 5.92 Å². The number of hydrogen-bond donors (Lipinski definition) is 0. The van der Waals surface area contributed by atoms with E-state index in [1.165, 1.54) is 4.90 Å². The van der Waals surface area contributed by atoms with Crippen molar-refractivity contribution in [2.24, 2.45) is 17.8 Å². The van der Waals surface area contributed by atoms with Crippen LogP contribution in [0.15, 0.2) is 24.3 Å². The maximum absolute atomic E-state index is 12.4. The Morgan fingerprint density at radius 3 is 2.33 bits per heavy atom. The van der Waals surface area contributed by atoms with E-state index in [9.17, 15) is 9.59 Å². The first kappa shape index (κ1) is 12.1. The maximum Gasteiger partial charge on any atom is 0.237 e. The molecule has 2 unspecified atom stereocenters. The lowest BCUT2D eigenvalue weighted by Gasteiger charge is -2.17. The standard InChI is InChI=1S/C14H14INO2/c1-8-5-11-12(6-8)14(18)16(13(11)17)10-4-2-3-9(15)7-10/h2-4,7-8,11-12H,5-6H2,1H3. The van der Waals surface area contributed by atoms with Gasteiger partial charge in [-0.25, -0.2) is 0 Å². The van der Waals surface area contributed by atoms with E-state index < -0.39 is 0 Å². The molecular formula is C14H14INO2. The van der Waals surface area contributed by atoms with Gasteiger partial charge in [0.2, 0.25) is 11.8 Å². The van der Waals surface area contributed by atoms with Gasteiger partial charge >= 0.3 is 0 Å². The van der Waals surface area contributed by atoms with E-state index in [4.69, 9.17) is 0 Å². The molecule has 2 amide bonds. The molecule has 0 aromatic heterocycles. The lowest BCUT2D eigenvalue weighted by Crippen LogP contribution is -2.32. The van der Waals surface area contributed by atoms with Crippen LogP contribution in [0.2, 0.25) is 0 Å². The van der Waals surface area contributed by atoms with Gasteiger partial charge in [-0.1, -0.05) is 13.0 Å². The van der Waals surface area contributed by atoms with Crippen molar-refractivity contribution in [1.29, 1.82) is 0 Å². The molecule has 2 fully saturated rings. The Kier molecular flexibility index (Phi) is 2.92. The quantitative estimate of drug-likeness (QED) is 0.574. The number of rotatable bonds is 1. The molecule has 1 heterocycles. The number of fused-ring (bicyclic) bond motifs is 1. The minimum atomic E-state index is -0.0784. The van der Waals surface area contributed by atoms with Crippen LogP contribution in [0.5, 0.6) is 0 Å². The Bertz CT molecular complexity index is 504. The first-order valence-electron chi connectivity index (χ1n) is 6.21. The summed E-state index contributed by atoms with van der Waals surface area (Å²) in [7, 11) is 0. The van der Waals surface area contributed by atoms with Gasteiger partial charge in [0.15, 0.2) is 0 Å². The molecule has 3 nitrogen and oxygen atoms in total. The van der Waals surface area contributed by atoms with Crippen LogP contribution in [0.25, 0.3) is 0 Å². The largest absolute Gasteiger partial charge is 0.274 e. The smallest absolute Gasteiger partial charge is 0.237 e. The highest BCUT2D eigenvalue weighted by Gasteiger charge is 2.52. The number of hydrogen-bond acceptors (Lipinski definition) is 2. The Hall–Kier alpha value is -0.910. The fraction of sp³-hybridized carbons (Fsp3) is 0.429. The minimum Gasteiger partial charge on any atom is -0.274 e. The van der Waals surface area contributed by atoms with Crippen molar-refractivity contribution in [3.63, 3.8) is 0 Å². The predicted octanol–water partition coefficient (Wildman–Crippen LogP) is 2.83. The summed E-state index contributed by atoms with van der Waals surface area (Å²) in [5, 5.41) is 0. The second kappa shape index (κ2) is 4.33. The number of carbonyl (C=O) groups excluding carboxylic acids is 2. The Balaban J connectivity index is 1.96. The van der Waals surface area contributed by atoms with Crippen LogP contribution in [0.1, 0.15) is 19.8 Å². The maximum atomic E-state index is 12.4. The molecule has 1 aliphatic heterocycles. The van der Waals surface area contributed by atoms with Crippen molar-refractivity contribution in [3.8, 4) is 0 Å². The molecule has 3 rings (SSSR count). The Morgan fingerprint density at radius 1 is 1.17 bits per heavy atom. The van der Waals surface area contributed by atoms with Crippen molar-refractivity contribution in [2.75, 3.05) is 4.90 Å². The Morgan fingerprint density at radius 2 is 1.78 bits per heavy atom. The van der Waals surface area contributed by atoms with Crippen LogP contribution in [0.4, 0.5) is 5.69 Å². The third-order valence-corrected chi connectivity index (χ3v) is 4.61. The van der Waals surface area contributed by atoms with Gasteiger partial charge in [-0.15, -0.1) is 0 Å². The summed E-state index contributed by atoms with van der Waals surface area (Å²) >= 11 is 2.19. The zero-order valence-corrected chi connectivity index (χ0v) is 12.3. The minimum absolute atomic E-state index is 0.00338. The summed E-state index contributed by atoms with van der Waals surface area (Å²) in [5.41, 5.74) is 0.721. The van der Waals surface area contributed by atoms with Crippen LogP contribution < -0.4 is 4.90 Å². The molecule has 4 heteroatoms. The van der Waals surface area contributed by atoms with Crippen LogP contribution in [-0.4, -0.2) is 11.8 Å². The normalized spacial score (nSPS) is 31.0. The van der Waals surface area contributed by atoms with E-state index in [2.05, 4.69) is 29.5 Å². The fourth-order valence-corrected chi connectivity index (χ4v) is 3.67. The number of amides is 2. The highest BCUT2D eigenvalue weighted by molar-refractivity contribution is 14.1. The summed E-state index contributed by atoms with van der Waals surface area (Å²) in [6, 6.07) is 7.57. The van der Waals surface area contributed by atoms with Gasteiger partial charge in [0.1, 0.15) is 0 Å². The van der Waals surface area contributed by atoms with E-state index in [1.54, 1.807) is 0 Å².